The van der Waals surface area contributed by atoms with Crippen molar-refractivity contribution in [1.82, 2.24) is 26.6 Å². The Bertz CT molecular complexity index is 2410. The average molecular weight is 1230 g/mol. The molecule has 86 heavy (non-hydrogen) atoms. The highest BCUT2D eigenvalue weighted by atomic mass is 31.2. The number of hydrogen-bond donors (Lipinski definition) is 6. The summed E-state index contributed by atoms with van der Waals surface area (Å²) in [7, 11) is -3.17. The molecule has 1 aliphatic rings. The molecule has 0 bridgehead atoms. The predicted molar refractivity (Wildman–Crippen MR) is 337 cm³/mol. The zero-order valence-electron chi connectivity index (χ0n) is 54.2. The summed E-state index contributed by atoms with van der Waals surface area (Å²) in [5.74, 6) is -3.05. The van der Waals surface area contributed by atoms with Crippen LogP contribution in [0.5, 0.6) is 0 Å². The lowest BCUT2D eigenvalue weighted by atomic mass is 9.98. The van der Waals surface area contributed by atoms with E-state index < -0.39 is 78.2 Å². The third-order valence-corrected chi connectivity index (χ3v) is 16.5. The normalized spacial score (nSPS) is 13.8. The molecule has 0 radical (unpaired) electrons. The van der Waals surface area contributed by atoms with E-state index in [-0.39, 0.29) is 69.5 Å². The van der Waals surface area contributed by atoms with Crippen LogP contribution >= 0.6 is 7.60 Å². The van der Waals surface area contributed by atoms with Crippen LogP contribution in [0.15, 0.2) is 48.5 Å². The van der Waals surface area contributed by atoms with Gasteiger partial charge in [0.25, 0.3) is 0 Å². The van der Waals surface area contributed by atoms with Crippen molar-refractivity contribution < 1.29 is 66.5 Å². The van der Waals surface area contributed by atoms with Crippen molar-refractivity contribution in [2.24, 2.45) is 0 Å². The molecule has 19 nitrogen and oxygen atoms in total. The molecular formula is C66H108N5O14P. The van der Waals surface area contributed by atoms with Crippen LogP contribution in [0.4, 0.5) is 9.59 Å². The zero-order valence-corrected chi connectivity index (χ0v) is 55.1. The van der Waals surface area contributed by atoms with Crippen molar-refractivity contribution in [3.05, 3.63) is 59.7 Å². The first kappa shape index (κ1) is 74.7. The SMILES string of the molecule is CC(C)(C)OC(=O)N[C@@H](CCCCNC(=O)CC[C@H](NC(=O)CCCCCCCCCCCCCCCCP(=O)(OC(C)(C)C)OC(C)(C)C)C(=O)OC(C)(C)C)C(=O)NCCCC[C@H](NC(=O)OCC1c2ccccc2-c2ccccc21)C(=O)O. The summed E-state index contributed by atoms with van der Waals surface area (Å²) < 4.78 is 41.8. The van der Waals surface area contributed by atoms with Crippen LogP contribution in [0.3, 0.4) is 0 Å². The molecule has 0 heterocycles. The first-order valence-electron chi connectivity index (χ1n) is 31.7. The number of rotatable bonds is 40. The molecule has 6 N–H and O–H groups in total. The van der Waals surface area contributed by atoms with Gasteiger partial charge in [-0.2, -0.15) is 0 Å². The minimum Gasteiger partial charge on any atom is -0.480 e. The van der Waals surface area contributed by atoms with E-state index in [1.54, 1.807) is 41.5 Å². The number of carbonyl (C=O) groups excluding carboxylic acids is 6. The molecule has 0 fully saturated rings. The molecule has 0 aliphatic heterocycles. The minimum absolute atomic E-state index is 0.0402. The number of nitrogens with one attached hydrogen (secondary N) is 5. The molecule has 0 spiro atoms. The molecular weight excluding hydrogens is 1120 g/mol. The fourth-order valence-corrected chi connectivity index (χ4v) is 12.7. The van der Waals surface area contributed by atoms with E-state index in [4.69, 9.17) is 23.3 Å². The van der Waals surface area contributed by atoms with E-state index in [9.17, 15) is 43.2 Å². The van der Waals surface area contributed by atoms with Crippen LogP contribution in [0.2, 0.25) is 0 Å². The Morgan fingerprint density at radius 2 is 0.930 bits per heavy atom. The number of ether oxygens (including phenoxy) is 3. The maximum atomic E-state index is 13.4. The maximum absolute atomic E-state index is 13.4. The molecule has 5 amide bonds. The van der Waals surface area contributed by atoms with E-state index >= 15 is 0 Å². The van der Waals surface area contributed by atoms with Gasteiger partial charge >= 0.3 is 31.7 Å². The summed E-state index contributed by atoms with van der Waals surface area (Å²) in [5, 5.41) is 23.5. The number of fused-ring (bicyclic) bond motifs is 3. The number of aliphatic carboxylic acids is 1. The third kappa shape index (κ3) is 32.5. The quantitative estimate of drug-likeness (QED) is 0.0157. The molecule has 486 valence electrons. The fraction of sp³-hybridized carbons (Fsp3) is 0.712. The minimum atomic E-state index is -3.17. The summed E-state index contributed by atoms with van der Waals surface area (Å²) in [6, 6.07) is 12.6. The largest absolute Gasteiger partial charge is 0.480 e. The van der Waals surface area contributed by atoms with Crippen LogP contribution < -0.4 is 26.6 Å². The molecule has 2 aromatic rings. The number of hydrogen-bond acceptors (Lipinski definition) is 13. The van der Waals surface area contributed by atoms with Crippen molar-refractivity contribution in [1.29, 1.82) is 0 Å². The van der Waals surface area contributed by atoms with E-state index in [1.165, 1.54) is 38.5 Å². The first-order chi connectivity index (χ1) is 40.3. The second kappa shape index (κ2) is 37.4. The van der Waals surface area contributed by atoms with Crippen LogP contribution in [0.1, 0.15) is 248 Å². The van der Waals surface area contributed by atoms with E-state index in [2.05, 4.69) is 26.6 Å². The number of carboxylic acid groups (broad SMARTS) is 1. The molecule has 0 unspecified atom stereocenters. The Morgan fingerprint density at radius 3 is 1.42 bits per heavy atom. The summed E-state index contributed by atoms with van der Waals surface area (Å²) in [6.45, 7) is 22.3. The highest BCUT2D eigenvalue weighted by Gasteiger charge is 2.35. The zero-order chi connectivity index (χ0) is 64.0. The number of alkyl carbamates (subject to hydrolysis) is 2. The number of esters is 1. The molecule has 0 aromatic heterocycles. The van der Waals surface area contributed by atoms with E-state index in [0.717, 1.165) is 67.2 Å². The van der Waals surface area contributed by atoms with Crippen LogP contribution in [0, 0.1) is 0 Å². The molecule has 1 aliphatic carbocycles. The van der Waals surface area contributed by atoms with Crippen LogP contribution in [-0.4, -0.2) is 113 Å². The number of carbonyl (C=O) groups is 7. The summed E-state index contributed by atoms with van der Waals surface area (Å²) in [5.41, 5.74) is 1.55. The van der Waals surface area contributed by atoms with Gasteiger partial charge in [-0.15, -0.1) is 0 Å². The number of carboxylic acids is 1. The van der Waals surface area contributed by atoms with Gasteiger partial charge in [0.05, 0.1) is 17.4 Å². The second-order valence-electron chi connectivity index (χ2n) is 26.8. The average Bonchev–Trinajstić information content (AvgIpc) is 1.72. The van der Waals surface area contributed by atoms with Gasteiger partial charge in [0.15, 0.2) is 0 Å². The van der Waals surface area contributed by atoms with Crippen molar-refractivity contribution in [3.63, 3.8) is 0 Å². The Kier molecular flexibility index (Phi) is 32.5. The van der Waals surface area contributed by atoms with Crippen LogP contribution in [0.25, 0.3) is 11.1 Å². The Hall–Kier alpha value is -5.52. The Labute approximate surface area is 514 Å². The molecule has 20 heteroatoms. The first-order valence-corrected chi connectivity index (χ1v) is 33.5. The molecule has 0 saturated heterocycles. The summed E-state index contributed by atoms with van der Waals surface area (Å²) in [4.78, 5) is 90.4. The number of unbranched alkanes of at least 4 members (excludes halogenated alkanes) is 15. The molecule has 3 rings (SSSR count). The standard InChI is InChI=1S/C66H108N5O14P/c1-63(2,3)82-60(77)55(69-57(73)41-25-23-21-19-17-15-13-14-16-18-20-22-24-34-46-86(80,84-65(7,8)9)85-66(10,11)12)42-43-56(72)67-44-32-30-39-53(70-62(79)83-64(4,5)6)58(74)68-45-33-31-40-54(59(75)76)71-61(78)81-47-52-50-37-28-26-35-48(50)49-36-27-29-38-51(49)52/h26-29,35-38,52-55H,13-25,30-34,39-47H2,1-12H3,(H,67,72)(H,68,74)(H,69,73)(H,70,79)(H,71,78)(H,75,76)/t53-,54-,55-/m0/s1. The van der Waals surface area contributed by atoms with Crippen molar-refractivity contribution >= 4 is 49.4 Å². The molecule has 2 aromatic carbocycles. The van der Waals surface area contributed by atoms with Gasteiger partial charge in [0, 0.05) is 31.8 Å². The van der Waals surface area contributed by atoms with Gasteiger partial charge in [-0.3, -0.25) is 18.9 Å². The Morgan fingerprint density at radius 1 is 0.477 bits per heavy atom. The van der Waals surface area contributed by atoms with Crippen molar-refractivity contribution in [3.8, 4) is 11.1 Å². The van der Waals surface area contributed by atoms with Gasteiger partial charge < -0.3 is 54.9 Å². The highest BCUT2D eigenvalue weighted by Crippen LogP contribution is 2.55. The van der Waals surface area contributed by atoms with Gasteiger partial charge in [-0.25, -0.2) is 19.2 Å². The predicted octanol–water partition coefficient (Wildman–Crippen LogP) is 13.7. The lowest BCUT2D eigenvalue weighted by molar-refractivity contribution is -0.159. The van der Waals surface area contributed by atoms with Gasteiger partial charge in [-0.05, 0) is 163 Å². The fourth-order valence-electron chi connectivity index (χ4n) is 10.2. The van der Waals surface area contributed by atoms with E-state index in [0.29, 0.717) is 38.3 Å². The monoisotopic (exact) mass is 1230 g/mol. The van der Waals surface area contributed by atoms with Gasteiger partial charge in [0.1, 0.15) is 35.9 Å². The summed E-state index contributed by atoms with van der Waals surface area (Å²) in [6.07, 6.45) is 16.1. The third-order valence-electron chi connectivity index (χ3n) is 14.0. The number of amides is 5. The molecule has 0 saturated carbocycles. The lowest BCUT2D eigenvalue weighted by Gasteiger charge is -2.32. The topological polar surface area (TPSA) is 263 Å². The van der Waals surface area contributed by atoms with Crippen LogP contribution in [-0.2, 0) is 51.8 Å². The lowest BCUT2D eigenvalue weighted by Crippen LogP contribution is -2.48. The van der Waals surface area contributed by atoms with Gasteiger partial charge in [-0.1, -0.05) is 126 Å². The highest BCUT2D eigenvalue weighted by molar-refractivity contribution is 7.53. The van der Waals surface area contributed by atoms with E-state index in [1.807, 2.05) is 90.1 Å². The summed E-state index contributed by atoms with van der Waals surface area (Å²) >= 11 is 0. The second-order valence-corrected chi connectivity index (χ2v) is 28.9. The maximum Gasteiger partial charge on any atom is 0.408 e. The van der Waals surface area contributed by atoms with Crippen molar-refractivity contribution in [2.75, 3.05) is 25.9 Å². The molecule has 3 atom stereocenters. The smallest absolute Gasteiger partial charge is 0.408 e. The van der Waals surface area contributed by atoms with Crippen molar-refractivity contribution in [2.45, 2.75) is 277 Å². The Balaban J connectivity index is 1.32. The number of benzene rings is 2. The van der Waals surface area contributed by atoms with Gasteiger partial charge in [0.2, 0.25) is 17.7 Å².